The highest BCUT2D eigenvalue weighted by Gasteiger charge is 2.24. The van der Waals surface area contributed by atoms with Gasteiger partial charge in [-0.1, -0.05) is 55.2 Å². The van der Waals surface area contributed by atoms with Crippen LogP contribution in [0.5, 0.6) is 0 Å². The molecule has 3 rings (SSSR count). The van der Waals surface area contributed by atoms with E-state index in [2.05, 4.69) is 5.32 Å². The minimum atomic E-state index is -0.333. The third kappa shape index (κ3) is 4.12. The number of nitrogens with zero attached hydrogens (tertiary/aromatic N) is 2. The molecule has 0 fully saturated rings. The van der Waals surface area contributed by atoms with E-state index in [4.69, 9.17) is 28.2 Å². The van der Waals surface area contributed by atoms with E-state index in [9.17, 15) is 4.79 Å². The number of nitrogens with one attached hydrogen (secondary N) is 1. The number of rotatable bonds is 7. The molecular formula is C21H23Cl2N3O. The summed E-state index contributed by atoms with van der Waals surface area (Å²) >= 11 is 12.7. The SMILES string of the molecule is CCCNC(=O)[C@H](CC)n1c(Cc2c(Cl)cccc2Cl)nc2ccccc21. The first-order valence-electron chi connectivity index (χ1n) is 9.23. The Labute approximate surface area is 169 Å². The number of benzene rings is 2. The van der Waals surface area contributed by atoms with Gasteiger partial charge in [0.2, 0.25) is 5.91 Å². The second-order valence-corrected chi connectivity index (χ2v) is 7.29. The molecule has 0 unspecified atom stereocenters. The van der Waals surface area contributed by atoms with Crippen LogP contribution in [0.3, 0.4) is 0 Å². The Hall–Kier alpha value is -2.04. The third-order valence-electron chi connectivity index (χ3n) is 4.62. The predicted molar refractivity (Wildman–Crippen MR) is 112 cm³/mol. The maximum atomic E-state index is 12.8. The molecule has 0 aliphatic rings. The number of halogens is 2. The third-order valence-corrected chi connectivity index (χ3v) is 5.32. The van der Waals surface area contributed by atoms with Crippen molar-refractivity contribution in [1.82, 2.24) is 14.9 Å². The summed E-state index contributed by atoms with van der Waals surface area (Å²) < 4.78 is 2.03. The van der Waals surface area contributed by atoms with Crippen molar-refractivity contribution in [1.29, 1.82) is 0 Å². The van der Waals surface area contributed by atoms with E-state index in [-0.39, 0.29) is 11.9 Å². The maximum Gasteiger partial charge on any atom is 0.243 e. The van der Waals surface area contributed by atoms with E-state index >= 15 is 0 Å². The van der Waals surface area contributed by atoms with Crippen molar-refractivity contribution in [2.75, 3.05) is 6.54 Å². The van der Waals surface area contributed by atoms with Gasteiger partial charge in [0.15, 0.2) is 0 Å². The van der Waals surface area contributed by atoms with Crippen molar-refractivity contribution in [3.63, 3.8) is 0 Å². The number of carbonyl (C=O) groups is 1. The minimum absolute atomic E-state index is 0.00834. The van der Waals surface area contributed by atoms with Crippen molar-refractivity contribution < 1.29 is 4.79 Å². The molecule has 0 spiro atoms. The zero-order valence-corrected chi connectivity index (χ0v) is 17.0. The summed E-state index contributed by atoms with van der Waals surface area (Å²) in [4.78, 5) is 17.6. The lowest BCUT2D eigenvalue weighted by Crippen LogP contribution is -2.33. The Morgan fingerprint density at radius 2 is 1.81 bits per heavy atom. The lowest BCUT2D eigenvalue weighted by Gasteiger charge is -2.20. The summed E-state index contributed by atoms with van der Waals surface area (Å²) in [5, 5.41) is 4.21. The molecular weight excluding hydrogens is 381 g/mol. The van der Waals surface area contributed by atoms with Crippen LogP contribution < -0.4 is 5.32 Å². The van der Waals surface area contributed by atoms with E-state index in [0.29, 0.717) is 29.4 Å². The van der Waals surface area contributed by atoms with Crippen LogP contribution in [0.25, 0.3) is 11.0 Å². The normalized spacial score (nSPS) is 12.3. The van der Waals surface area contributed by atoms with Gasteiger partial charge in [0.05, 0.1) is 11.0 Å². The van der Waals surface area contributed by atoms with Gasteiger partial charge in [-0.2, -0.15) is 0 Å². The van der Waals surface area contributed by atoms with Gasteiger partial charge in [-0.05, 0) is 42.7 Å². The van der Waals surface area contributed by atoms with Crippen LogP contribution in [0.4, 0.5) is 0 Å². The molecule has 3 aromatic rings. The predicted octanol–water partition coefficient (Wildman–Crippen LogP) is 5.41. The van der Waals surface area contributed by atoms with Gasteiger partial charge in [0, 0.05) is 23.0 Å². The fourth-order valence-corrected chi connectivity index (χ4v) is 3.81. The van der Waals surface area contributed by atoms with Gasteiger partial charge < -0.3 is 9.88 Å². The molecule has 27 heavy (non-hydrogen) atoms. The molecule has 0 saturated carbocycles. The lowest BCUT2D eigenvalue weighted by molar-refractivity contribution is -0.124. The standard InChI is InChI=1S/C21H23Cl2N3O/c1-3-12-24-21(27)18(4-2)26-19-11-6-5-10-17(19)25-20(26)13-14-15(22)8-7-9-16(14)23/h5-11,18H,3-4,12-13H2,1-2H3,(H,24,27)/t18-/m0/s1. The van der Waals surface area contributed by atoms with E-state index in [1.165, 1.54) is 0 Å². The second-order valence-electron chi connectivity index (χ2n) is 6.48. The van der Waals surface area contributed by atoms with E-state index in [1.807, 2.05) is 60.9 Å². The first-order chi connectivity index (χ1) is 13.1. The Bertz CT molecular complexity index is 931. The first-order valence-corrected chi connectivity index (χ1v) is 9.98. The van der Waals surface area contributed by atoms with Crippen LogP contribution in [0.2, 0.25) is 10.0 Å². The summed E-state index contributed by atoms with van der Waals surface area (Å²) in [6.45, 7) is 4.71. The average Bonchev–Trinajstić information content (AvgIpc) is 3.02. The summed E-state index contributed by atoms with van der Waals surface area (Å²) in [6.07, 6.45) is 2.03. The molecule has 1 amide bonds. The largest absolute Gasteiger partial charge is 0.354 e. The molecule has 1 atom stereocenters. The number of para-hydroxylation sites is 2. The van der Waals surface area contributed by atoms with E-state index in [0.717, 1.165) is 28.8 Å². The fraction of sp³-hybridized carbons (Fsp3) is 0.333. The van der Waals surface area contributed by atoms with E-state index in [1.54, 1.807) is 0 Å². The molecule has 1 N–H and O–H groups in total. The first kappa shape index (κ1) is 19.7. The molecule has 1 heterocycles. The quantitative estimate of drug-likeness (QED) is 0.572. The average molecular weight is 404 g/mol. The van der Waals surface area contributed by atoms with Gasteiger partial charge in [-0.15, -0.1) is 0 Å². The number of imidazole rings is 1. The topological polar surface area (TPSA) is 46.9 Å². The Morgan fingerprint density at radius 1 is 1.11 bits per heavy atom. The number of amides is 1. The van der Waals surface area contributed by atoms with Crippen LogP contribution in [-0.2, 0) is 11.2 Å². The zero-order chi connectivity index (χ0) is 19.4. The van der Waals surface area contributed by atoms with Crippen molar-refractivity contribution in [3.8, 4) is 0 Å². The molecule has 0 radical (unpaired) electrons. The molecule has 0 aliphatic heterocycles. The minimum Gasteiger partial charge on any atom is -0.354 e. The lowest BCUT2D eigenvalue weighted by atomic mass is 10.1. The molecule has 2 aromatic carbocycles. The Kier molecular flexibility index (Phi) is 6.40. The number of hydrogen-bond acceptors (Lipinski definition) is 2. The zero-order valence-electron chi connectivity index (χ0n) is 15.5. The number of carbonyl (C=O) groups excluding carboxylic acids is 1. The van der Waals surface area contributed by atoms with Gasteiger partial charge in [0.25, 0.3) is 0 Å². The fourth-order valence-electron chi connectivity index (χ4n) is 3.28. The van der Waals surface area contributed by atoms with E-state index < -0.39 is 0 Å². The number of hydrogen-bond donors (Lipinski definition) is 1. The Morgan fingerprint density at radius 3 is 2.48 bits per heavy atom. The molecule has 142 valence electrons. The van der Waals surface area contributed by atoms with Gasteiger partial charge >= 0.3 is 0 Å². The van der Waals surface area contributed by atoms with Gasteiger partial charge in [-0.3, -0.25) is 4.79 Å². The molecule has 1 aromatic heterocycles. The van der Waals surface area contributed by atoms with Crippen LogP contribution in [0, 0.1) is 0 Å². The summed E-state index contributed by atoms with van der Waals surface area (Å²) in [5.74, 6) is 0.790. The second kappa shape index (κ2) is 8.77. The molecule has 4 nitrogen and oxygen atoms in total. The smallest absolute Gasteiger partial charge is 0.243 e. The molecule has 0 aliphatic carbocycles. The highest BCUT2D eigenvalue weighted by atomic mass is 35.5. The number of fused-ring (bicyclic) bond motifs is 1. The van der Waals surface area contributed by atoms with Crippen LogP contribution in [0.1, 0.15) is 44.1 Å². The van der Waals surface area contributed by atoms with Crippen molar-refractivity contribution in [3.05, 3.63) is 63.9 Å². The van der Waals surface area contributed by atoms with Crippen molar-refractivity contribution in [2.24, 2.45) is 0 Å². The summed E-state index contributed by atoms with van der Waals surface area (Å²) in [7, 11) is 0. The maximum absolute atomic E-state index is 12.8. The molecule has 0 saturated heterocycles. The van der Waals surface area contributed by atoms with Crippen LogP contribution >= 0.6 is 23.2 Å². The Balaban J connectivity index is 2.10. The molecule has 6 heteroatoms. The van der Waals surface area contributed by atoms with Crippen LogP contribution in [-0.4, -0.2) is 22.0 Å². The van der Waals surface area contributed by atoms with Gasteiger partial charge in [-0.25, -0.2) is 4.98 Å². The summed E-state index contributed by atoms with van der Waals surface area (Å²) in [5.41, 5.74) is 2.62. The highest BCUT2D eigenvalue weighted by Crippen LogP contribution is 2.30. The van der Waals surface area contributed by atoms with Crippen LogP contribution in [0.15, 0.2) is 42.5 Å². The molecule has 0 bridgehead atoms. The van der Waals surface area contributed by atoms with Crippen molar-refractivity contribution >= 4 is 40.1 Å². The number of aromatic nitrogens is 2. The van der Waals surface area contributed by atoms with Gasteiger partial charge in [0.1, 0.15) is 11.9 Å². The highest BCUT2D eigenvalue weighted by molar-refractivity contribution is 6.36. The monoisotopic (exact) mass is 403 g/mol. The summed E-state index contributed by atoms with van der Waals surface area (Å²) in [6, 6.07) is 13.0. The van der Waals surface area contributed by atoms with Crippen molar-refractivity contribution in [2.45, 2.75) is 39.2 Å².